The van der Waals surface area contributed by atoms with Crippen molar-refractivity contribution in [3.8, 4) is 11.1 Å². The van der Waals surface area contributed by atoms with Crippen LogP contribution in [-0.2, 0) is 9.47 Å². The van der Waals surface area contributed by atoms with E-state index in [1.807, 2.05) is 30.3 Å². The highest BCUT2D eigenvalue weighted by atomic mass is 16.5. The van der Waals surface area contributed by atoms with Gasteiger partial charge in [-0.25, -0.2) is 4.79 Å². The molecule has 1 unspecified atom stereocenters. The molecule has 1 fully saturated rings. The highest BCUT2D eigenvalue weighted by molar-refractivity contribution is 5.96. The molecular weight excluding hydrogens is 390 g/mol. The molecule has 3 rings (SSSR count). The average Bonchev–Trinajstić information content (AvgIpc) is 2.79. The van der Waals surface area contributed by atoms with Gasteiger partial charge in [0.05, 0.1) is 18.8 Å². The first-order valence-electron chi connectivity index (χ1n) is 10.8. The molecule has 6 nitrogen and oxygen atoms in total. The highest BCUT2D eigenvalue weighted by Gasteiger charge is 2.29. The zero-order chi connectivity index (χ0) is 22.5. The highest BCUT2D eigenvalue weighted by Crippen LogP contribution is 2.36. The van der Waals surface area contributed by atoms with Gasteiger partial charge in [-0.3, -0.25) is 5.41 Å². The Labute approximate surface area is 184 Å². The summed E-state index contributed by atoms with van der Waals surface area (Å²) < 4.78 is 11.0. The van der Waals surface area contributed by atoms with Crippen LogP contribution in [0, 0.1) is 11.3 Å². The number of carbonyl (C=O) groups is 1. The smallest absolute Gasteiger partial charge is 0.337 e. The van der Waals surface area contributed by atoms with Crippen molar-refractivity contribution >= 4 is 11.8 Å². The number of hydrogen-bond acceptors (Lipinski definition) is 5. The molecule has 2 aromatic carbocycles. The van der Waals surface area contributed by atoms with Gasteiger partial charge in [-0.05, 0) is 86.7 Å². The van der Waals surface area contributed by atoms with E-state index in [9.17, 15) is 4.79 Å². The molecule has 1 aliphatic rings. The summed E-state index contributed by atoms with van der Waals surface area (Å²) in [4.78, 5) is 14.9. The van der Waals surface area contributed by atoms with Crippen LogP contribution in [0.15, 0.2) is 42.5 Å². The second-order valence-corrected chi connectivity index (χ2v) is 8.45. The summed E-state index contributed by atoms with van der Waals surface area (Å²) in [6.07, 6.45) is 2.00. The Morgan fingerprint density at radius 1 is 1.06 bits per heavy atom. The van der Waals surface area contributed by atoms with Crippen LogP contribution in [0.5, 0.6) is 0 Å². The van der Waals surface area contributed by atoms with Crippen LogP contribution in [0.4, 0.5) is 0 Å². The number of benzene rings is 2. The van der Waals surface area contributed by atoms with Gasteiger partial charge in [0.25, 0.3) is 0 Å². The first kappa shape index (κ1) is 23.0. The zero-order valence-corrected chi connectivity index (χ0v) is 18.9. The molecule has 2 aromatic rings. The number of carbonyl (C=O) groups excluding carboxylic acids is 1. The van der Waals surface area contributed by atoms with E-state index in [-0.39, 0.29) is 17.9 Å². The van der Waals surface area contributed by atoms with Crippen LogP contribution in [0.25, 0.3) is 11.1 Å². The maximum atomic E-state index is 12.4. The predicted molar refractivity (Wildman–Crippen MR) is 123 cm³/mol. The standard InChI is InChI=1S/C25H33N3O3/c1-16(2)28-10-8-17(9-11-28)23(30-3)21-13-20(14-22(15-21)25(29)31-4)18-6-5-7-19(12-18)24(26)27/h5-7,12-17,23H,8-11H2,1-4H3,(H3,26,27). The maximum absolute atomic E-state index is 12.4. The fraction of sp³-hybridized carbons (Fsp3) is 0.440. The minimum Gasteiger partial charge on any atom is -0.465 e. The first-order chi connectivity index (χ1) is 14.8. The Morgan fingerprint density at radius 3 is 2.32 bits per heavy atom. The van der Waals surface area contributed by atoms with Gasteiger partial charge in [0.15, 0.2) is 0 Å². The summed E-state index contributed by atoms with van der Waals surface area (Å²) in [7, 11) is 3.13. The number of ether oxygens (including phenoxy) is 2. The molecule has 1 saturated heterocycles. The van der Waals surface area contributed by atoms with Crippen molar-refractivity contribution in [2.45, 2.75) is 38.8 Å². The number of likely N-dealkylation sites (tertiary alicyclic amines) is 1. The van der Waals surface area contributed by atoms with E-state index in [0.29, 0.717) is 23.1 Å². The molecule has 166 valence electrons. The van der Waals surface area contributed by atoms with Crippen LogP contribution in [-0.4, -0.2) is 50.1 Å². The second-order valence-electron chi connectivity index (χ2n) is 8.45. The van der Waals surface area contributed by atoms with Crippen molar-refractivity contribution in [3.05, 3.63) is 59.2 Å². The third-order valence-electron chi connectivity index (χ3n) is 6.20. The first-order valence-corrected chi connectivity index (χ1v) is 10.8. The van der Waals surface area contributed by atoms with Crippen LogP contribution < -0.4 is 5.73 Å². The van der Waals surface area contributed by atoms with E-state index < -0.39 is 0 Å². The van der Waals surface area contributed by atoms with Gasteiger partial charge < -0.3 is 20.1 Å². The summed E-state index contributed by atoms with van der Waals surface area (Å²) in [5.41, 5.74) is 9.55. The second kappa shape index (κ2) is 10.1. The van der Waals surface area contributed by atoms with Crippen molar-refractivity contribution in [2.75, 3.05) is 27.3 Å². The number of esters is 1. The Bertz CT molecular complexity index is 933. The lowest BCUT2D eigenvalue weighted by molar-refractivity contribution is 0.0150. The Kier molecular flexibility index (Phi) is 7.46. The minimum atomic E-state index is -0.379. The third-order valence-corrected chi connectivity index (χ3v) is 6.20. The lowest BCUT2D eigenvalue weighted by Gasteiger charge is -2.37. The fourth-order valence-electron chi connectivity index (χ4n) is 4.42. The number of piperidine rings is 1. The largest absolute Gasteiger partial charge is 0.465 e. The Morgan fingerprint density at radius 2 is 1.74 bits per heavy atom. The van der Waals surface area contributed by atoms with E-state index in [0.717, 1.165) is 42.6 Å². The van der Waals surface area contributed by atoms with Gasteiger partial charge in [0.2, 0.25) is 0 Å². The summed E-state index contributed by atoms with van der Waals surface area (Å²) in [5.74, 6) is 0.0116. The van der Waals surface area contributed by atoms with Crippen LogP contribution in [0.2, 0.25) is 0 Å². The molecule has 0 radical (unpaired) electrons. The van der Waals surface area contributed by atoms with Crippen LogP contribution in [0.3, 0.4) is 0 Å². The molecule has 1 atom stereocenters. The number of nitrogen functional groups attached to an aromatic ring is 1. The molecule has 0 aromatic heterocycles. The summed E-state index contributed by atoms with van der Waals surface area (Å²) in [5, 5.41) is 7.73. The molecule has 31 heavy (non-hydrogen) atoms. The molecule has 0 amide bonds. The van der Waals surface area contributed by atoms with Crippen molar-refractivity contribution in [2.24, 2.45) is 11.7 Å². The van der Waals surface area contributed by atoms with Crippen molar-refractivity contribution in [3.63, 3.8) is 0 Å². The van der Waals surface area contributed by atoms with E-state index in [2.05, 4.69) is 24.8 Å². The molecule has 0 bridgehead atoms. The quantitative estimate of drug-likeness (QED) is 0.395. The lowest BCUT2D eigenvalue weighted by Crippen LogP contribution is -2.40. The predicted octanol–water partition coefficient (Wildman–Crippen LogP) is 4.23. The number of amidine groups is 1. The van der Waals surface area contributed by atoms with Crippen molar-refractivity contribution in [1.82, 2.24) is 4.90 Å². The monoisotopic (exact) mass is 423 g/mol. The Balaban J connectivity index is 1.99. The average molecular weight is 424 g/mol. The van der Waals surface area contributed by atoms with E-state index in [1.54, 1.807) is 13.2 Å². The molecule has 0 aliphatic carbocycles. The van der Waals surface area contributed by atoms with E-state index in [4.69, 9.17) is 20.6 Å². The molecule has 6 heteroatoms. The Hall–Kier alpha value is -2.70. The topological polar surface area (TPSA) is 88.6 Å². The van der Waals surface area contributed by atoms with E-state index in [1.165, 1.54) is 7.11 Å². The molecule has 0 spiro atoms. The number of nitrogens with two attached hydrogens (primary N) is 1. The van der Waals surface area contributed by atoms with Crippen LogP contribution >= 0.6 is 0 Å². The maximum Gasteiger partial charge on any atom is 0.337 e. The number of rotatable bonds is 7. The SMILES string of the molecule is COC(=O)c1cc(-c2cccc(C(=N)N)c2)cc(C(OC)C2CCN(C(C)C)CC2)c1. The zero-order valence-electron chi connectivity index (χ0n) is 18.9. The number of nitrogens with one attached hydrogen (secondary N) is 1. The van der Waals surface area contributed by atoms with Crippen molar-refractivity contribution in [1.29, 1.82) is 5.41 Å². The molecule has 1 heterocycles. The molecule has 0 saturated carbocycles. The van der Waals surface area contributed by atoms with Crippen LogP contribution in [0.1, 0.15) is 54.3 Å². The summed E-state index contributed by atoms with van der Waals surface area (Å²) in [6.45, 7) is 6.56. The third kappa shape index (κ3) is 5.32. The van der Waals surface area contributed by atoms with Gasteiger partial charge in [-0.2, -0.15) is 0 Å². The fourth-order valence-corrected chi connectivity index (χ4v) is 4.42. The normalized spacial score (nSPS) is 16.3. The van der Waals surface area contributed by atoms with Gasteiger partial charge in [0, 0.05) is 18.7 Å². The number of nitrogens with zero attached hydrogens (tertiary/aromatic N) is 1. The number of methoxy groups -OCH3 is 2. The van der Waals surface area contributed by atoms with Gasteiger partial charge in [-0.15, -0.1) is 0 Å². The number of hydrogen-bond donors (Lipinski definition) is 2. The summed E-state index contributed by atoms with van der Waals surface area (Å²) >= 11 is 0. The molecular formula is C25H33N3O3. The van der Waals surface area contributed by atoms with Gasteiger partial charge >= 0.3 is 5.97 Å². The minimum absolute atomic E-state index is 0.0119. The van der Waals surface area contributed by atoms with Crippen molar-refractivity contribution < 1.29 is 14.3 Å². The molecule has 3 N–H and O–H groups in total. The van der Waals surface area contributed by atoms with Gasteiger partial charge in [-0.1, -0.05) is 18.2 Å². The molecule has 1 aliphatic heterocycles. The van der Waals surface area contributed by atoms with E-state index >= 15 is 0 Å². The van der Waals surface area contributed by atoms with Gasteiger partial charge in [0.1, 0.15) is 5.84 Å². The lowest BCUT2D eigenvalue weighted by atomic mass is 9.85. The summed E-state index contributed by atoms with van der Waals surface area (Å²) in [6, 6.07) is 13.8.